The lowest BCUT2D eigenvalue weighted by Gasteiger charge is -2.05. The van der Waals surface area contributed by atoms with Gasteiger partial charge in [-0.25, -0.2) is 0 Å². The van der Waals surface area contributed by atoms with E-state index in [0.29, 0.717) is 5.56 Å². The summed E-state index contributed by atoms with van der Waals surface area (Å²) in [6.07, 6.45) is 1.84. The third-order valence-electron chi connectivity index (χ3n) is 2.17. The highest BCUT2D eigenvalue weighted by Crippen LogP contribution is 2.15. The van der Waals surface area contributed by atoms with Crippen molar-refractivity contribution in [1.82, 2.24) is 0 Å². The number of carbonyl (C=O) groups is 1. The predicted octanol–water partition coefficient (Wildman–Crippen LogP) is 3.19. The van der Waals surface area contributed by atoms with Crippen LogP contribution >= 0.6 is 11.6 Å². The summed E-state index contributed by atoms with van der Waals surface area (Å²) in [5.41, 5.74) is 2.93. The minimum atomic E-state index is -0.362. The van der Waals surface area contributed by atoms with Crippen molar-refractivity contribution in [3.63, 3.8) is 0 Å². The van der Waals surface area contributed by atoms with Gasteiger partial charge in [0.15, 0.2) is 0 Å². The first-order chi connectivity index (χ1) is 6.19. The van der Waals surface area contributed by atoms with Crippen LogP contribution in [0.5, 0.6) is 0 Å². The van der Waals surface area contributed by atoms with Crippen LogP contribution in [0.15, 0.2) is 18.2 Å². The van der Waals surface area contributed by atoms with Gasteiger partial charge >= 0.3 is 0 Å². The number of carbonyl (C=O) groups excluding carboxylic acids is 1. The summed E-state index contributed by atoms with van der Waals surface area (Å²) in [5, 5.41) is -0.362. The molecule has 0 bridgehead atoms. The standard InChI is InChI=1S/C11H13ClO/c1-3-8-5-6-10(11(12)13)9(4-2)7-8/h5-7H,3-4H2,1-2H3. The van der Waals surface area contributed by atoms with Gasteiger partial charge in [-0.05, 0) is 41.6 Å². The lowest BCUT2D eigenvalue weighted by Crippen LogP contribution is -1.97. The first-order valence-corrected chi connectivity index (χ1v) is 4.88. The summed E-state index contributed by atoms with van der Waals surface area (Å²) in [4.78, 5) is 11.0. The Kier molecular flexibility index (Phi) is 3.49. The van der Waals surface area contributed by atoms with Gasteiger partial charge in [0, 0.05) is 5.56 Å². The van der Waals surface area contributed by atoms with Gasteiger partial charge in [-0.15, -0.1) is 0 Å². The average molecular weight is 197 g/mol. The van der Waals surface area contributed by atoms with Crippen LogP contribution in [0.4, 0.5) is 0 Å². The topological polar surface area (TPSA) is 17.1 Å². The van der Waals surface area contributed by atoms with Gasteiger partial charge in [0.1, 0.15) is 0 Å². The third-order valence-corrected chi connectivity index (χ3v) is 2.37. The van der Waals surface area contributed by atoms with Crippen molar-refractivity contribution in [2.75, 3.05) is 0 Å². The molecule has 1 rings (SSSR count). The Morgan fingerprint density at radius 2 is 2.00 bits per heavy atom. The largest absolute Gasteiger partial charge is 0.276 e. The SMILES string of the molecule is CCc1ccc(C(=O)Cl)c(CC)c1. The molecule has 0 radical (unpaired) electrons. The fourth-order valence-corrected chi connectivity index (χ4v) is 1.54. The van der Waals surface area contributed by atoms with E-state index < -0.39 is 0 Å². The van der Waals surface area contributed by atoms with Crippen LogP contribution in [0, 0.1) is 0 Å². The highest BCUT2D eigenvalue weighted by atomic mass is 35.5. The monoisotopic (exact) mass is 196 g/mol. The Balaban J connectivity index is 3.15. The van der Waals surface area contributed by atoms with Gasteiger partial charge in [0.25, 0.3) is 5.24 Å². The van der Waals surface area contributed by atoms with Crippen LogP contribution in [0.2, 0.25) is 0 Å². The maximum atomic E-state index is 11.0. The molecular formula is C11H13ClO. The van der Waals surface area contributed by atoms with Crippen LogP contribution in [0.3, 0.4) is 0 Å². The maximum absolute atomic E-state index is 11.0. The van der Waals surface area contributed by atoms with E-state index in [1.807, 2.05) is 19.1 Å². The summed E-state index contributed by atoms with van der Waals surface area (Å²) in [6.45, 7) is 4.12. The number of halogens is 1. The molecule has 0 heterocycles. The van der Waals surface area contributed by atoms with Crippen molar-refractivity contribution < 1.29 is 4.79 Å². The van der Waals surface area contributed by atoms with Crippen molar-refractivity contribution in [2.45, 2.75) is 26.7 Å². The van der Waals surface area contributed by atoms with Crippen molar-refractivity contribution in [3.05, 3.63) is 34.9 Å². The Hall–Kier alpha value is -0.820. The summed E-state index contributed by atoms with van der Waals surface area (Å²) >= 11 is 5.44. The van der Waals surface area contributed by atoms with E-state index in [4.69, 9.17) is 11.6 Å². The van der Waals surface area contributed by atoms with Gasteiger partial charge in [0.05, 0.1) is 0 Å². The van der Waals surface area contributed by atoms with E-state index >= 15 is 0 Å². The number of aryl methyl sites for hydroxylation is 2. The number of hydrogen-bond acceptors (Lipinski definition) is 1. The number of hydrogen-bond donors (Lipinski definition) is 0. The molecule has 1 nitrogen and oxygen atoms in total. The zero-order chi connectivity index (χ0) is 9.84. The molecule has 13 heavy (non-hydrogen) atoms. The molecule has 0 amide bonds. The first kappa shape index (κ1) is 10.3. The lowest BCUT2D eigenvalue weighted by atomic mass is 10.0. The summed E-state index contributed by atoms with van der Waals surface area (Å²) in [5.74, 6) is 0. The van der Waals surface area contributed by atoms with Gasteiger partial charge in [-0.3, -0.25) is 4.79 Å². The molecule has 0 spiro atoms. The predicted molar refractivity (Wildman–Crippen MR) is 55.4 cm³/mol. The quantitative estimate of drug-likeness (QED) is 0.679. The molecule has 0 N–H and O–H groups in total. The van der Waals surface area contributed by atoms with Crippen LogP contribution in [0.25, 0.3) is 0 Å². The Bertz CT molecular complexity index is 318. The third kappa shape index (κ3) is 2.31. The van der Waals surface area contributed by atoms with Crippen molar-refractivity contribution in [2.24, 2.45) is 0 Å². The van der Waals surface area contributed by atoms with Crippen LogP contribution < -0.4 is 0 Å². The van der Waals surface area contributed by atoms with E-state index in [1.54, 1.807) is 0 Å². The second-order valence-electron chi connectivity index (χ2n) is 2.97. The molecule has 0 aliphatic rings. The van der Waals surface area contributed by atoms with Gasteiger partial charge in [-0.2, -0.15) is 0 Å². The molecule has 0 aromatic heterocycles. The highest BCUT2D eigenvalue weighted by molar-refractivity contribution is 6.67. The van der Waals surface area contributed by atoms with Gasteiger partial charge < -0.3 is 0 Å². The van der Waals surface area contributed by atoms with Crippen LogP contribution in [-0.4, -0.2) is 5.24 Å². The molecular weight excluding hydrogens is 184 g/mol. The average Bonchev–Trinajstić information content (AvgIpc) is 2.16. The molecule has 0 fully saturated rings. The molecule has 2 heteroatoms. The van der Waals surface area contributed by atoms with Gasteiger partial charge in [-0.1, -0.05) is 26.0 Å². The van der Waals surface area contributed by atoms with E-state index in [2.05, 4.69) is 13.0 Å². The smallest absolute Gasteiger partial charge is 0.252 e. The van der Waals surface area contributed by atoms with Gasteiger partial charge in [0.2, 0.25) is 0 Å². The van der Waals surface area contributed by atoms with E-state index in [9.17, 15) is 4.79 Å². The lowest BCUT2D eigenvalue weighted by molar-refractivity contribution is 0.108. The maximum Gasteiger partial charge on any atom is 0.252 e. The molecule has 1 aromatic carbocycles. The fraction of sp³-hybridized carbons (Fsp3) is 0.364. The van der Waals surface area contributed by atoms with E-state index in [0.717, 1.165) is 18.4 Å². The second kappa shape index (κ2) is 4.43. The van der Waals surface area contributed by atoms with Crippen LogP contribution in [-0.2, 0) is 12.8 Å². The molecule has 0 unspecified atom stereocenters. The molecule has 1 aromatic rings. The second-order valence-corrected chi connectivity index (χ2v) is 3.32. The van der Waals surface area contributed by atoms with Crippen molar-refractivity contribution >= 4 is 16.8 Å². The molecule has 70 valence electrons. The molecule has 0 saturated heterocycles. The minimum absolute atomic E-state index is 0.362. The van der Waals surface area contributed by atoms with E-state index in [1.165, 1.54) is 5.56 Å². The summed E-state index contributed by atoms with van der Waals surface area (Å²) in [6, 6.07) is 5.82. The highest BCUT2D eigenvalue weighted by Gasteiger charge is 2.07. The summed E-state index contributed by atoms with van der Waals surface area (Å²) in [7, 11) is 0. The number of rotatable bonds is 3. The molecule has 0 aliphatic heterocycles. The Labute approximate surface area is 83.7 Å². The normalized spacial score (nSPS) is 10.1. The minimum Gasteiger partial charge on any atom is -0.276 e. The Morgan fingerprint density at radius 3 is 2.46 bits per heavy atom. The van der Waals surface area contributed by atoms with E-state index in [-0.39, 0.29) is 5.24 Å². The molecule has 0 aliphatic carbocycles. The van der Waals surface area contributed by atoms with Crippen molar-refractivity contribution in [3.8, 4) is 0 Å². The Morgan fingerprint density at radius 1 is 1.31 bits per heavy atom. The van der Waals surface area contributed by atoms with Crippen LogP contribution in [0.1, 0.15) is 35.3 Å². The molecule has 0 saturated carbocycles. The fourth-order valence-electron chi connectivity index (χ4n) is 1.35. The zero-order valence-electron chi connectivity index (χ0n) is 7.93. The summed E-state index contributed by atoms with van der Waals surface area (Å²) < 4.78 is 0. The first-order valence-electron chi connectivity index (χ1n) is 4.50. The molecule has 0 atom stereocenters. The number of benzene rings is 1. The van der Waals surface area contributed by atoms with Crippen molar-refractivity contribution in [1.29, 1.82) is 0 Å². The zero-order valence-corrected chi connectivity index (χ0v) is 8.69.